The maximum atomic E-state index is 5.47. The van der Waals surface area contributed by atoms with Gasteiger partial charge in [-0.25, -0.2) is 4.99 Å². The van der Waals surface area contributed by atoms with Gasteiger partial charge in [0.1, 0.15) is 18.1 Å². The zero-order valence-electron chi connectivity index (χ0n) is 19.2. The molecule has 1 aromatic heterocycles. The molecule has 0 aliphatic carbocycles. The summed E-state index contributed by atoms with van der Waals surface area (Å²) in [5, 5.41) is 15.7. The summed E-state index contributed by atoms with van der Waals surface area (Å²) >= 11 is 0. The Kier molecular flexibility index (Phi) is 9.58. The number of nitrogens with one attached hydrogen (secondary N) is 2. The molecule has 1 atom stereocenters. The van der Waals surface area contributed by atoms with Gasteiger partial charge in [0.05, 0.1) is 13.2 Å². The highest BCUT2D eigenvalue weighted by Gasteiger charge is 2.24. The van der Waals surface area contributed by atoms with Gasteiger partial charge in [0.25, 0.3) is 0 Å². The van der Waals surface area contributed by atoms with Gasteiger partial charge in [0.15, 0.2) is 11.8 Å². The molecular formula is C23H36IN7O. The zero-order chi connectivity index (χ0) is 21.5. The van der Waals surface area contributed by atoms with Gasteiger partial charge >= 0.3 is 0 Å². The van der Waals surface area contributed by atoms with Crippen molar-refractivity contribution < 1.29 is 4.74 Å². The fourth-order valence-corrected chi connectivity index (χ4v) is 4.53. The summed E-state index contributed by atoms with van der Waals surface area (Å²) in [6, 6.07) is 8.70. The molecule has 32 heavy (non-hydrogen) atoms. The average Bonchev–Trinajstić information content (AvgIpc) is 3.48. The van der Waals surface area contributed by atoms with Crippen molar-refractivity contribution in [1.82, 2.24) is 30.3 Å². The molecule has 176 valence electrons. The van der Waals surface area contributed by atoms with Crippen molar-refractivity contribution in [1.29, 1.82) is 0 Å². The molecule has 0 spiro atoms. The van der Waals surface area contributed by atoms with Crippen molar-refractivity contribution in [2.75, 3.05) is 33.3 Å². The summed E-state index contributed by atoms with van der Waals surface area (Å²) in [5.74, 6) is 3.78. The van der Waals surface area contributed by atoms with Gasteiger partial charge < -0.3 is 19.9 Å². The minimum atomic E-state index is 0. The normalized spacial score (nSPS) is 17.4. The number of hydrogen-bond acceptors (Lipinski definition) is 5. The monoisotopic (exact) mass is 553 g/mol. The molecule has 0 amide bonds. The van der Waals surface area contributed by atoms with E-state index in [4.69, 9.17) is 9.73 Å². The standard InChI is InChI=1S/C23H35N7O.HI/c1-3-24-23(26-17-22-28-27-21-11-4-5-14-30(21)22)25-16-20(29-12-6-7-13-29)18-9-8-10-19(15-18)31-2;/h8-10,15,20H,3-7,11-14,16-17H2,1-2H3,(H2,24,25,26);1H. The molecule has 1 unspecified atom stereocenters. The molecule has 2 aliphatic rings. The Bertz CT molecular complexity index is 879. The Balaban J connectivity index is 0.00000289. The van der Waals surface area contributed by atoms with E-state index in [0.29, 0.717) is 6.54 Å². The maximum Gasteiger partial charge on any atom is 0.191 e. The molecule has 0 radical (unpaired) electrons. The summed E-state index contributed by atoms with van der Waals surface area (Å²) in [6.07, 6.45) is 5.93. The summed E-state index contributed by atoms with van der Waals surface area (Å²) in [5.41, 5.74) is 1.27. The Labute approximate surface area is 208 Å². The Morgan fingerprint density at radius 1 is 1.12 bits per heavy atom. The van der Waals surface area contributed by atoms with Crippen LogP contribution in [0.4, 0.5) is 0 Å². The van der Waals surface area contributed by atoms with Gasteiger partial charge in [-0.3, -0.25) is 4.90 Å². The van der Waals surface area contributed by atoms with Gasteiger partial charge in [-0.15, -0.1) is 34.2 Å². The van der Waals surface area contributed by atoms with Crippen molar-refractivity contribution in [3.05, 3.63) is 41.5 Å². The number of halogens is 1. The van der Waals surface area contributed by atoms with Crippen LogP contribution in [0.2, 0.25) is 0 Å². The first-order valence-corrected chi connectivity index (χ1v) is 11.6. The van der Waals surface area contributed by atoms with Gasteiger partial charge in [-0.05, 0) is 63.4 Å². The minimum absolute atomic E-state index is 0. The summed E-state index contributed by atoms with van der Waals surface area (Å²) in [6.45, 7) is 7.50. The Hall–Kier alpha value is -1.88. The number of ether oxygens (including phenoxy) is 1. The van der Waals surface area contributed by atoms with Crippen molar-refractivity contribution in [3.8, 4) is 5.75 Å². The third-order valence-electron chi connectivity index (χ3n) is 6.18. The lowest BCUT2D eigenvalue weighted by Crippen LogP contribution is -2.42. The first-order chi connectivity index (χ1) is 15.3. The van der Waals surface area contributed by atoms with Crippen LogP contribution >= 0.6 is 24.0 Å². The van der Waals surface area contributed by atoms with Crippen LogP contribution in [0.15, 0.2) is 29.3 Å². The first kappa shape index (κ1) is 24.8. The largest absolute Gasteiger partial charge is 0.497 e. The van der Waals surface area contributed by atoms with Crippen LogP contribution < -0.4 is 15.4 Å². The molecular weight excluding hydrogens is 517 g/mol. The predicted molar refractivity (Wildman–Crippen MR) is 138 cm³/mol. The van der Waals surface area contributed by atoms with Crippen LogP contribution in [-0.4, -0.2) is 58.9 Å². The van der Waals surface area contributed by atoms with Crippen LogP contribution in [0.3, 0.4) is 0 Å². The smallest absolute Gasteiger partial charge is 0.191 e. The van der Waals surface area contributed by atoms with E-state index in [2.05, 4.69) is 55.4 Å². The number of hydrogen-bond donors (Lipinski definition) is 2. The number of methoxy groups -OCH3 is 1. The van der Waals surface area contributed by atoms with Crippen molar-refractivity contribution in [3.63, 3.8) is 0 Å². The number of benzene rings is 1. The molecule has 1 saturated heterocycles. The maximum absolute atomic E-state index is 5.47. The highest BCUT2D eigenvalue weighted by Crippen LogP contribution is 2.27. The molecule has 0 saturated carbocycles. The second kappa shape index (κ2) is 12.4. The van der Waals surface area contributed by atoms with E-state index < -0.39 is 0 Å². The van der Waals surface area contributed by atoms with Gasteiger partial charge in [0.2, 0.25) is 0 Å². The van der Waals surface area contributed by atoms with E-state index in [1.165, 1.54) is 31.2 Å². The van der Waals surface area contributed by atoms with Crippen LogP contribution in [0.25, 0.3) is 0 Å². The number of aryl methyl sites for hydroxylation is 1. The molecule has 2 N–H and O–H groups in total. The number of aliphatic imine (C=N–C) groups is 1. The van der Waals surface area contributed by atoms with Crippen LogP contribution in [0.1, 0.15) is 55.9 Å². The van der Waals surface area contributed by atoms with Crippen molar-refractivity contribution >= 4 is 29.9 Å². The van der Waals surface area contributed by atoms with Gasteiger partial charge in [0, 0.05) is 26.1 Å². The Morgan fingerprint density at radius 3 is 2.72 bits per heavy atom. The summed E-state index contributed by atoms with van der Waals surface area (Å²) in [4.78, 5) is 7.37. The number of likely N-dealkylation sites (tertiary alicyclic amines) is 1. The first-order valence-electron chi connectivity index (χ1n) is 11.6. The molecule has 9 heteroatoms. The van der Waals surface area contributed by atoms with Crippen LogP contribution in [0.5, 0.6) is 5.75 Å². The number of guanidine groups is 1. The number of nitrogens with zero attached hydrogens (tertiary/aromatic N) is 5. The van der Waals surface area contributed by atoms with E-state index in [1.54, 1.807) is 7.11 Å². The Morgan fingerprint density at radius 2 is 1.94 bits per heavy atom. The average molecular weight is 553 g/mol. The van der Waals surface area contributed by atoms with E-state index in [1.807, 2.05) is 6.07 Å². The quantitative estimate of drug-likeness (QED) is 0.297. The molecule has 1 aromatic carbocycles. The van der Waals surface area contributed by atoms with E-state index in [9.17, 15) is 0 Å². The van der Waals surface area contributed by atoms with E-state index >= 15 is 0 Å². The minimum Gasteiger partial charge on any atom is -0.497 e. The topological polar surface area (TPSA) is 79.6 Å². The third kappa shape index (κ3) is 6.12. The summed E-state index contributed by atoms with van der Waals surface area (Å²) < 4.78 is 7.70. The second-order valence-electron chi connectivity index (χ2n) is 8.25. The highest BCUT2D eigenvalue weighted by atomic mass is 127. The molecule has 2 aliphatic heterocycles. The number of aromatic nitrogens is 3. The lowest BCUT2D eigenvalue weighted by molar-refractivity contribution is 0.245. The van der Waals surface area contributed by atoms with Gasteiger partial charge in [-0.2, -0.15) is 0 Å². The molecule has 8 nitrogen and oxygen atoms in total. The molecule has 0 bridgehead atoms. The van der Waals surface area contributed by atoms with Crippen LogP contribution in [0, 0.1) is 0 Å². The lowest BCUT2D eigenvalue weighted by Gasteiger charge is -2.29. The zero-order valence-corrected chi connectivity index (χ0v) is 21.5. The lowest BCUT2D eigenvalue weighted by atomic mass is 10.1. The SMILES string of the molecule is CCNC(=NCc1nnc2n1CCCC2)NCC(c1cccc(OC)c1)N1CCCC1.I. The molecule has 1 fully saturated rings. The highest BCUT2D eigenvalue weighted by molar-refractivity contribution is 14.0. The molecule has 3 heterocycles. The van der Waals surface area contributed by atoms with E-state index in [-0.39, 0.29) is 30.0 Å². The van der Waals surface area contributed by atoms with Crippen LogP contribution in [-0.2, 0) is 19.5 Å². The fourth-order valence-electron chi connectivity index (χ4n) is 4.53. The fraction of sp³-hybridized carbons (Fsp3) is 0.609. The van der Waals surface area contributed by atoms with Crippen molar-refractivity contribution in [2.24, 2.45) is 4.99 Å². The number of fused-ring (bicyclic) bond motifs is 1. The molecule has 4 rings (SSSR count). The number of rotatable bonds is 8. The molecule has 2 aromatic rings. The third-order valence-corrected chi connectivity index (χ3v) is 6.18. The van der Waals surface area contributed by atoms with Crippen molar-refractivity contribution in [2.45, 2.75) is 58.2 Å². The van der Waals surface area contributed by atoms with E-state index in [0.717, 1.165) is 62.5 Å². The van der Waals surface area contributed by atoms with Gasteiger partial charge in [-0.1, -0.05) is 12.1 Å². The second-order valence-corrected chi connectivity index (χ2v) is 8.25. The summed E-state index contributed by atoms with van der Waals surface area (Å²) in [7, 11) is 1.72. The predicted octanol–water partition coefficient (Wildman–Crippen LogP) is 3.13.